The van der Waals surface area contributed by atoms with Gasteiger partial charge in [0.15, 0.2) is 0 Å². The van der Waals surface area contributed by atoms with Crippen molar-refractivity contribution in [3.8, 4) is 28.6 Å². The van der Waals surface area contributed by atoms with Gasteiger partial charge in [-0.15, -0.1) is 0 Å². The quantitative estimate of drug-likeness (QED) is 0.203. The van der Waals surface area contributed by atoms with Crippen molar-refractivity contribution in [2.24, 2.45) is 0 Å². The van der Waals surface area contributed by atoms with Gasteiger partial charge in [0.25, 0.3) is 0 Å². The molecule has 4 nitrogen and oxygen atoms in total. The maximum absolute atomic E-state index is 9.76. The number of aromatic nitrogens is 2. The second kappa shape index (κ2) is 9.71. The molecule has 0 aliphatic rings. The average molecular weight is 600 g/mol. The molecule has 0 bridgehead atoms. The minimum Gasteiger partial charge on any atom is -0.456 e. The van der Waals surface area contributed by atoms with Gasteiger partial charge in [0.2, 0.25) is 0 Å². The van der Waals surface area contributed by atoms with Crippen LogP contribution in [0.3, 0.4) is 0 Å². The number of fused-ring (bicyclic) bond motifs is 9. The van der Waals surface area contributed by atoms with Crippen LogP contribution in [0.15, 0.2) is 156 Å². The molecule has 0 unspecified atom stereocenters. The Balaban J connectivity index is 1.34. The summed E-state index contributed by atoms with van der Waals surface area (Å²) in [5.74, 6) is 0. The summed E-state index contributed by atoms with van der Waals surface area (Å²) in [5.41, 5.74) is 11.0. The van der Waals surface area contributed by atoms with Crippen molar-refractivity contribution in [1.29, 1.82) is 5.26 Å². The lowest BCUT2D eigenvalue weighted by molar-refractivity contribution is 0.669. The van der Waals surface area contributed by atoms with E-state index < -0.39 is 0 Å². The Kier molecular flexibility index (Phi) is 5.32. The van der Waals surface area contributed by atoms with Crippen molar-refractivity contribution in [2.75, 3.05) is 0 Å². The van der Waals surface area contributed by atoms with Crippen LogP contribution in [0.1, 0.15) is 5.56 Å². The zero-order valence-corrected chi connectivity index (χ0v) is 25.2. The van der Waals surface area contributed by atoms with Crippen LogP contribution in [0.4, 0.5) is 0 Å². The highest BCUT2D eigenvalue weighted by molar-refractivity contribution is 6.17. The van der Waals surface area contributed by atoms with Crippen LogP contribution in [-0.4, -0.2) is 9.13 Å². The Hall–Kier alpha value is -6.57. The normalized spacial score (nSPS) is 11.8. The van der Waals surface area contributed by atoms with E-state index >= 15 is 0 Å². The SMILES string of the molecule is N#Cc1cccc(-c2cc(-n3c4ccccc4c4ccccc43)cc(-n3c4ccccc4c4cc5c(cc43)oc3ccccc35)c2)c1. The number of para-hydroxylation sites is 4. The molecule has 10 aromatic rings. The van der Waals surface area contributed by atoms with E-state index in [-0.39, 0.29) is 0 Å². The van der Waals surface area contributed by atoms with Gasteiger partial charge in [0.05, 0.1) is 33.7 Å². The third-order valence-corrected chi connectivity index (χ3v) is 9.50. The van der Waals surface area contributed by atoms with Crippen LogP contribution in [0.2, 0.25) is 0 Å². The Bertz CT molecular complexity index is 2880. The molecule has 0 radical (unpaired) electrons. The highest BCUT2D eigenvalue weighted by Crippen LogP contribution is 2.40. The highest BCUT2D eigenvalue weighted by Gasteiger charge is 2.19. The van der Waals surface area contributed by atoms with Crippen LogP contribution in [0.5, 0.6) is 0 Å². The van der Waals surface area contributed by atoms with Crippen LogP contribution in [0.25, 0.3) is 88.1 Å². The fourth-order valence-corrected chi connectivity index (χ4v) is 7.45. The van der Waals surface area contributed by atoms with Gasteiger partial charge >= 0.3 is 0 Å². The zero-order chi connectivity index (χ0) is 31.1. The van der Waals surface area contributed by atoms with E-state index in [4.69, 9.17) is 4.42 Å². The van der Waals surface area contributed by atoms with Crippen LogP contribution < -0.4 is 0 Å². The lowest BCUT2D eigenvalue weighted by Crippen LogP contribution is -2.00. The summed E-state index contributed by atoms with van der Waals surface area (Å²) >= 11 is 0. The highest BCUT2D eigenvalue weighted by atomic mass is 16.3. The predicted octanol–water partition coefficient (Wildman–Crippen LogP) is 11.3. The molecule has 0 atom stereocenters. The molecule has 0 fully saturated rings. The molecular weight excluding hydrogens is 574 g/mol. The number of nitriles is 1. The van der Waals surface area contributed by atoms with E-state index in [0.29, 0.717) is 5.56 Å². The number of furan rings is 1. The molecule has 0 saturated carbocycles. The largest absolute Gasteiger partial charge is 0.456 e. The fourth-order valence-electron chi connectivity index (χ4n) is 7.45. The number of benzene rings is 7. The molecule has 7 aromatic carbocycles. The molecule has 3 heterocycles. The van der Waals surface area contributed by atoms with Crippen molar-refractivity contribution in [3.05, 3.63) is 157 Å². The molecule has 4 heteroatoms. The molecule has 0 aliphatic carbocycles. The number of hydrogen-bond donors (Lipinski definition) is 0. The van der Waals surface area contributed by atoms with Gasteiger partial charge in [-0.1, -0.05) is 84.9 Å². The van der Waals surface area contributed by atoms with E-state index in [2.05, 4.69) is 137 Å². The van der Waals surface area contributed by atoms with Crippen molar-refractivity contribution >= 4 is 65.6 Å². The van der Waals surface area contributed by atoms with Gasteiger partial charge < -0.3 is 13.6 Å². The third-order valence-electron chi connectivity index (χ3n) is 9.50. The van der Waals surface area contributed by atoms with Gasteiger partial charge in [0, 0.05) is 49.8 Å². The topological polar surface area (TPSA) is 46.8 Å². The monoisotopic (exact) mass is 599 g/mol. The summed E-state index contributed by atoms with van der Waals surface area (Å²) in [5, 5.41) is 16.8. The number of hydrogen-bond acceptors (Lipinski definition) is 2. The van der Waals surface area contributed by atoms with E-state index in [0.717, 1.165) is 66.5 Å². The minimum atomic E-state index is 0.635. The molecule has 0 N–H and O–H groups in total. The molecule has 10 rings (SSSR count). The molecule has 0 spiro atoms. The first-order valence-corrected chi connectivity index (χ1v) is 15.7. The fraction of sp³-hybridized carbons (Fsp3) is 0. The summed E-state index contributed by atoms with van der Waals surface area (Å²) in [6.07, 6.45) is 0. The Morgan fingerprint density at radius 3 is 1.64 bits per heavy atom. The van der Waals surface area contributed by atoms with Crippen molar-refractivity contribution < 1.29 is 4.42 Å². The summed E-state index contributed by atoms with van der Waals surface area (Å²) in [7, 11) is 0. The first-order valence-electron chi connectivity index (χ1n) is 15.7. The van der Waals surface area contributed by atoms with Gasteiger partial charge in [0.1, 0.15) is 11.2 Å². The summed E-state index contributed by atoms with van der Waals surface area (Å²) < 4.78 is 11.1. The minimum absolute atomic E-state index is 0.635. The standard InChI is InChI=1S/C43H25N3O/c44-26-27-10-9-11-28(20-27)29-21-30(45-38-16-5-1-12-32(38)33-13-2-6-17-39(33)45)23-31(22-29)46-40-18-7-3-14-34(40)36-24-37-35-15-4-8-19-42(35)47-43(37)25-41(36)46/h1-25H. The Morgan fingerprint density at radius 1 is 0.404 bits per heavy atom. The molecule has 0 aliphatic heterocycles. The molecule has 0 amide bonds. The zero-order valence-electron chi connectivity index (χ0n) is 25.2. The molecule has 3 aromatic heterocycles. The lowest BCUT2D eigenvalue weighted by atomic mass is 10.0. The van der Waals surface area contributed by atoms with Crippen molar-refractivity contribution in [2.45, 2.75) is 0 Å². The van der Waals surface area contributed by atoms with Crippen molar-refractivity contribution in [1.82, 2.24) is 9.13 Å². The first-order chi connectivity index (χ1) is 23.2. The van der Waals surface area contributed by atoms with Gasteiger partial charge in [-0.05, 0) is 71.8 Å². The second-order valence-corrected chi connectivity index (χ2v) is 12.1. The van der Waals surface area contributed by atoms with Crippen LogP contribution in [-0.2, 0) is 0 Å². The third kappa shape index (κ3) is 3.75. The van der Waals surface area contributed by atoms with Crippen molar-refractivity contribution in [3.63, 3.8) is 0 Å². The molecule has 0 saturated heterocycles. The second-order valence-electron chi connectivity index (χ2n) is 12.1. The van der Waals surface area contributed by atoms with Gasteiger partial charge in [-0.25, -0.2) is 0 Å². The summed E-state index contributed by atoms with van der Waals surface area (Å²) in [6, 6.07) is 55.5. The van der Waals surface area contributed by atoms with Crippen LogP contribution in [0, 0.1) is 11.3 Å². The van der Waals surface area contributed by atoms with Gasteiger partial charge in [-0.3, -0.25) is 0 Å². The van der Waals surface area contributed by atoms with E-state index in [1.807, 2.05) is 30.3 Å². The Morgan fingerprint density at radius 2 is 0.979 bits per heavy atom. The number of nitrogens with zero attached hydrogens (tertiary/aromatic N) is 3. The van der Waals surface area contributed by atoms with Crippen LogP contribution >= 0.6 is 0 Å². The van der Waals surface area contributed by atoms with E-state index in [9.17, 15) is 5.26 Å². The smallest absolute Gasteiger partial charge is 0.137 e. The molecular formula is C43H25N3O. The van der Waals surface area contributed by atoms with E-state index in [1.165, 1.54) is 21.5 Å². The summed E-state index contributed by atoms with van der Waals surface area (Å²) in [4.78, 5) is 0. The number of rotatable bonds is 3. The maximum Gasteiger partial charge on any atom is 0.137 e. The van der Waals surface area contributed by atoms with Gasteiger partial charge in [-0.2, -0.15) is 5.26 Å². The average Bonchev–Trinajstić information content (AvgIpc) is 3.77. The Labute approximate surface area is 269 Å². The molecule has 47 heavy (non-hydrogen) atoms. The summed E-state index contributed by atoms with van der Waals surface area (Å²) in [6.45, 7) is 0. The molecule has 218 valence electrons. The first kappa shape index (κ1) is 25.7. The van der Waals surface area contributed by atoms with E-state index in [1.54, 1.807) is 0 Å². The maximum atomic E-state index is 9.76. The lowest BCUT2D eigenvalue weighted by Gasteiger charge is -2.16. The predicted molar refractivity (Wildman–Crippen MR) is 193 cm³/mol.